The Morgan fingerprint density at radius 3 is 2.67 bits per heavy atom. The highest BCUT2D eigenvalue weighted by molar-refractivity contribution is 5.91. The van der Waals surface area contributed by atoms with Gasteiger partial charge in [0.1, 0.15) is 5.54 Å². The number of nitrogen functional groups attached to an aromatic ring is 1. The molecule has 0 aromatic carbocycles. The molecule has 1 saturated heterocycles. The molecule has 1 aliphatic heterocycles. The maximum absolute atomic E-state index is 12.2. The van der Waals surface area contributed by atoms with Crippen molar-refractivity contribution in [2.45, 2.75) is 26.3 Å². The van der Waals surface area contributed by atoms with Crippen molar-refractivity contribution >= 4 is 17.4 Å². The minimum atomic E-state index is -0.609. The van der Waals surface area contributed by atoms with E-state index in [0.717, 1.165) is 12.2 Å². The summed E-state index contributed by atoms with van der Waals surface area (Å²) < 4.78 is 0. The standard InChI is InChI=1S/C13H20N4O/c1-9-5-6-10(14)11(15-9)17-8-7-16(4)12(18)13(17,2)3/h5-6H,7-8,14H2,1-4H3. The molecule has 2 heterocycles. The zero-order chi connectivity index (χ0) is 13.5. The maximum Gasteiger partial charge on any atom is 0.247 e. The van der Waals surface area contributed by atoms with Gasteiger partial charge in [0.25, 0.3) is 0 Å². The Morgan fingerprint density at radius 1 is 1.33 bits per heavy atom. The summed E-state index contributed by atoms with van der Waals surface area (Å²) in [7, 11) is 1.83. The summed E-state index contributed by atoms with van der Waals surface area (Å²) in [5, 5.41) is 0. The largest absolute Gasteiger partial charge is 0.396 e. The van der Waals surface area contributed by atoms with Crippen molar-refractivity contribution < 1.29 is 4.79 Å². The van der Waals surface area contributed by atoms with Crippen LogP contribution in [0, 0.1) is 6.92 Å². The second-order valence-corrected chi connectivity index (χ2v) is 5.30. The Hall–Kier alpha value is -1.78. The van der Waals surface area contributed by atoms with Gasteiger partial charge in [-0.25, -0.2) is 4.98 Å². The fraction of sp³-hybridized carbons (Fsp3) is 0.538. The van der Waals surface area contributed by atoms with Crippen molar-refractivity contribution in [1.29, 1.82) is 0 Å². The lowest BCUT2D eigenvalue weighted by Crippen LogP contribution is -2.62. The number of hydrogen-bond donors (Lipinski definition) is 1. The number of carbonyl (C=O) groups excluding carboxylic acids is 1. The van der Waals surface area contributed by atoms with Gasteiger partial charge in [0, 0.05) is 25.8 Å². The van der Waals surface area contributed by atoms with Gasteiger partial charge in [0.05, 0.1) is 5.69 Å². The van der Waals surface area contributed by atoms with Crippen LogP contribution in [0.1, 0.15) is 19.5 Å². The number of anilines is 2. The number of hydrogen-bond acceptors (Lipinski definition) is 4. The number of rotatable bonds is 1. The summed E-state index contributed by atoms with van der Waals surface area (Å²) in [6.45, 7) is 7.18. The summed E-state index contributed by atoms with van der Waals surface area (Å²) in [6, 6.07) is 3.72. The Labute approximate surface area is 108 Å². The zero-order valence-electron chi connectivity index (χ0n) is 11.4. The molecular weight excluding hydrogens is 228 g/mol. The number of likely N-dealkylation sites (N-methyl/N-ethyl adjacent to an activating group) is 1. The lowest BCUT2D eigenvalue weighted by atomic mass is 9.97. The maximum atomic E-state index is 12.2. The van der Waals surface area contributed by atoms with E-state index in [-0.39, 0.29) is 5.91 Å². The van der Waals surface area contributed by atoms with Crippen molar-refractivity contribution in [3.05, 3.63) is 17.8 Å². The van der Waals surface area contributed by atoms with Crippen LogP contribution >= 0.6 is 0 Å². The van der Waals surface area contributed by atoms with Crippen LogP contribution in [0.4, 0.5) is 11.5 Å². The van der Waals surface area contributed by atoms with Gasteiger partial charge in [-0.3, -0.25) is 4.79 Å². The van der Waals surface area contributed by atoms with Gasteiger partial charge in [-0.1, -0.05) is 0 Å². The number of nitrogens with zero attached hydrogens (tertiary/aromatic N) is 3. The van der Waals surface area contributed by atoms with E-state index in [2.05, 4.69) is 4.98 Å². The van der Waals surface area contributed by atoms with E-state index in [4.69, 9.17) is 5.73 Å². The van der Waals surface area contributed by atoms with Gasteiger partial charge in [-0.05, 0) is 32.9 Å². The van der Waals surface area contributed by atoms with E-state index in [0.29, 0.717) is 18.1 Å². The average Bonchev–Trinajstić information content (AvgIpc) is 2.30. The van der Waals surface area contributed by atoms with Crippen LogP contribution in [0.25, 0.3) is 0 Å². The summed E-state index contributed by atoms with van der Waals surface area (Å²) in [5.41, 5.74) is 6.90. The lowest BCUT2D eigenvalue weighted by molar-refractivity contribution is -0.136. The molecule has 5 nitrogen and oxygen atoms in total. The monoisotopic (exact) mass is 248 g/mol. The van der Waals surface area contributed by atoms with Crippen LogP contribution in [-0.2, 0) is 4.79 Å². The van der Waals surface area contributed by atoms with Crippen LogP contribution < -0.4 is 10.6 Å². The first kappa shape index (κ1) is 12.7. The van der Waals surface area contributed by atoms with E-state index in [1.165, 1.54) is 0 Å². The lowest BCUT2D eigenvalue weighted by Gasteiger charge is -2.45. The normalized spacial score (nSPS) is 19.2. The molecular formula is C13H20N4O. The quantitative estimate of drug-likeness (QED) is 0.806. The molecule has 0 saturated carbocycles. The van der Waals surface area contributed by atoms with Crippen molar-refractivity contribution in [1.82, 2.24) is 9.88 Å². The fourth-order valence-electron chi connectivity index (χ4n) is 2.35. The minimum Gasteiger partial charge on any atom is -0.396 e. The van der Waals surface area contributed by atoms with Crippen LogP contribution in [0.2, 0.25) is 0 Å². The highest BCUT2D eigenvalue weighted by Gasteiger charge is 2.41. The third-order valence-corrected chi connectivity index (χ3v) is 3.50. The van der Waals surface area contributed by atoms with Gasteiger partial charge in [-0.15, -0.1) is 0 Å². The minimum absolute atomic E-state index is 0.0939. The number of amides is 1. The van der Waals surface area contributed by atoms with Crippen LogP contribution in [0.15, 0.2) is 12.1 Å². The zero-order valence-corrected chi connectivity index (χ0v) is 11.4. The number of carbonyl (C=O) groups is 1. The Morgan fingerprint density at radius 2 is 2.00 bits per heavy atom. The molecule has 0 aliphatic carbocycles. The molecule has 1 aromatic heterocycles. The molecule has 0 unspecified atom stereocenters. The van der Waals surface area contributed by atoms with Gasteiger partial charge in [0.2, 0.25) is 5.91 Å². The summed E-state index contributed by atoms with van der Waals surface area (Å²) in [4.78, 5) is 20.5. The van der Waals surface area contributed by atoms with E-state index in [1.54, 1.807) is 4.90 Å². The number of pyridine rings is 1. The highest BCUT2D eigenvalue weighted by Crippen LogP contribution is 2.31. The van der Waals surface area contributed by atoms with Gasteiger partial charge < -0.3 is 15.5 Å². The molecule has 1 aliphatic rings. The van der Waals surface area contributed by atoms with Gasteiger partial charge >= 0.3 is 0 Å². The first-order valence-electron chi connectivity index (χ1n) is 6.10. The van der Waals surface area contributed by atoms with E-state index < -0.39 is 5.54 Å². The molecule has 0 atom stereocenters. The van der Waals surface area contributed by atoms with E-state index in [9.17, 15) is 4.79 Å². The topological polar surface area (TPSA) is 62.5 Å². The number of aromatic nitrogens is 1. The molecule has 2 rings (SSSR count). The predicted octanol–water partition coefficient (Wildman–Crippen LogP) is 1.03. The van der Waals surface area contributed by atoms with Crippen molar-refractivity contribution in [2.24, 2.45) is 0 Å². The molecule has 2 N–H and O–H groups in total. The van der Waals surface area contributed by atoms with Gasteiger partial charge in [-0.2, -0.15) is 0 Å². The number of nitrogens with two attached hydrogens (primary N) is 1. The summed E-state index contributed by atoms with van der Waals surface area (Å²) in [5.74, 6) is 0.804. The SMILES string of the molecule is Cc1ccc(N)c(N2CCN(C)C(=O)C2(C)C)n1. The Bertz CT molecular complexity index is 484. The molecule has 0 bridgehead atoms. The molecule has 0 spiro atoms. The Balaban J connectivity index is 2.44. The second kappa shape index (κ2) is 4.15. The van der Waals surface area contributed by atoms with E-state index >= 15 is 0 Å². The average molecular weight is 248 g/mol. The van der Waals surface area contributed by atoms with E-state index in [1.807, 2.05) is 44.9 Å². The van der Waals surface area contributed by atoms with Crippen LogP contribution in [0.3, 0.4) is 0 Å². The van der Waals surface area contributed by atoms with Crippen molar-refractivity contribution in [3.8, 4) is 0 Å². The third kappa shape index (κ3) is 1.89. The highest BCUT2D eigenvalue weighted by atomic mass is 16.2. The van der Waals surface area contributed by atoms with Crippen molar-refractivity contribution in [2.75, 3.05) is 30.8 Å². The molecule has 5 heteroatoms. The molecule has 0 radical (unpaired) electrons. The molecule has 98 valence electrons. The van der Waals surface area contributed by atoms with Crippen LogP contribution in [-0.4, -0.2) is 41.5 Å². The fourth-order valence-corrected chi connectivity index (χ4v) is 2.35. The smallest absolute Gasteiger partial charge is 0.247 e. The second-order valence-electron chi connectivity index (χ2n) is 5.30. The first-order valence-corrected chi connectivity index (χ1v) is 6.10. The predicted molar refractivity (Wildman–Crippen MR) is 72.4 cm³/mol. The molecule has 1 aromatic rings. The first-order chi connectivity index (χ1) is 8.34. The molecule has 1 fully saturated rings. The van der Waals surface area contributed by atoms with Gasteiger partial charge in [0.15, 0.2) is 5.82 Å². The number of aryl methyl sites for hydroxylation is 1. The number of piperazine rings is 1. The Kier molecular flexibility index (Phi) is 2.92. The van der Waals surface area contributed by atoms with Crippen LogP contribution in [0.5, 0.6) is 0 Å². The third-order valence-electron chi connectivity index (χ3n) is 3.50. The molecule has 1 amide bonds. The summed E-state index contributed by atoms with van der Waals surface area (Å²) >= 11 is 0. The van der Waals surface area contributed by atoms with Crippen molar-refractivity contribution in [3.63, 3.8) is 0 Å². The molecule has 18 heavy (non-hydrogen) atoms. The summed E-state index contributed by atoms with van der Waals surface area (Å²) in [6.07, 6.45) is 0.